The van der Waals surface area contributed by atoms with Crippen LogP contribution >= 0.6 is 37.2 Å². The van der Waals surface area contributed by atoms with Crippen molar-refractivity contribution in [2.75, 3.05) is 20.6 Å². The van der Waals surface area contributed by atoms with Crippen LogP contribution in [-0.4, -0.2) is 25.5 Å². The monoisotopic (exact) mass is 627 g/mol. The third-order valence-electron chi connectivity index (χ3n) is 5.29. The fourth-order valence-corrected chi connectivity index (χ4v) is 12.1. The van der Waals surface area contributed by atoms with Crippen molar-refractivity contribution in [2.24, 2.45) is 0 Å². The zero-order valence-electron chi connectivity index (χ0n) is 17.2. The topological polar surface area (TPSA) is 3.24 Å². The molecule has 0 aromatic heterocycles. The van der Waals surface area contributed by atoms with Gasteiger partial charge in [-0.15, -0.1) is 37.2 Å². The molecule has 0 bridgehead atoms. The van der Waals surface area contributed by atoms with Crippen LogP contribution in [0.3, 0.4) is 0 Å². The molecule has 1 aliphatic rings. The van der Waals surface area contributed by atoms with Gasteiger partial charge in [0.05, 0.1) is 0 Å². The maximum atomic E-state index is 2.48. The molecule has 3 aromatic carbocycles. The summed E-state index contributed by atoms with van der Waals surface area (Å²) in [5, 5.41) is 0. The fourth-order valence-electron chi connectivity index (χ4n) is 4.12. The van der Waals surface area contributed by atoms with Crippen LogP contribution in [0.5, 0.6) is 0 Å². The predicted octanol–water partition coefficient (Wildman–Crippen LogP) is 6.61. The Labute approximate surface area is 210 Å². The molecular weight excluding hydrogens is 599 g/mol. The summed E-state index contributed by atoms with van der Waals surface area (Å²) >= 11 is -1.24. The number of hydrogen-bond acceptors (Lipinski definition) is 1. The Hall–Kier alpha value is -0.900. The molecule has 0 spiro atoms. The van der Waals surface area contributed by atoms with Crippen molar-refractivity contribution in [1.29, 1.82) is 0 Å². The number of halogens is 3. The summed E-state index contributed by atoms with van der Waals surface area (Å²) in [5.41, 5.74) is 5.91. The Morgan fingerprint density at radius 1 is 0.733 bits per heavy atom. The van der Waals surface area contributed by atoms with Gasteiger partial charge in [0.2, 0.25) is 0 Å². The summed E-state index contributed by atoms with van der Waals surface area (Å²) in [6.07, 6.45) is 4.81. The standard InChI is InChI=1S/C16H18N.C9H7.3ClH.Hf/c1-17(2)13-16(14-9-5-3-6-10-14)15-11-7-4-8-12-15;1-2-5-9-7-3-6-8(9)4-1;;;;/h3-12H,13H2,1-2H3;1-7H;3*1H;. The van der Waals surface area contributed by atoms with Crippen molar-refractivity contribution >= 4 is 43.3 Å². The van der Waals surface area contributed by atoms with E-state index in [1.807, 2.05) is 0 Å². The second-order valence-corrected chi connectivity index (χ2v) is 13.8. The van der Waals surface area contributed by atoms with Crippen LogP contribution in [0.15, 0.2) is 91.0 Å². The maximum Gasteiger partial charge on any atom is -0.147 e. The zero-order valence-corrected chi connectivity index (χ0v) is 23.2. The summed E-state index contributed by atoms with van der Waals surface area (Å²) in [6, 6.07) is 31.4. The van der Waals surface area contributed by atoms with Crippen molar-refractivity contribution < 1.29 is 22.9 Å². The van der Waals surface area contributed by atoms with Crippen LogP contribution in [0, 0.1) is 0 Å². The number of allylic oxidation sites excluding steroid dienone is 1. The third-order valence-corrected chi connectivity index (χ3v) is 12.6. The van der Waals surface area contributed by atoms with Crippen LogP contribution in [-0.2, 0) is 26.1 Å². The van der Waals surface area contributed by atoms with E-state index in [1.54, 1.807) is 0 Å². The number of nitrogens with zero attached hydrogens (tertiary/aromatic N) is 1. The SMILES string of the molecule is CN(C)C[C]([Hf][CH]1C=Cc2ccccc21)(c1ccccc1)c1ccccc1.Cl.Cl.Cl. The minimum atomic E-state index is -1.24. The second-order valence-electron chi connectivity index (χ2n) is 7.49. The van der Waals surface area contributed by atoms with Gasteiger partial charge in [0, 0.05) is 0 Å². The van der Waals surface area contributed by atoms with Gasteiger partial charge in [-0.1, -0.05) is 0 Å². The van der Waals surface area contributed by atoms with E-state index in [-0.39, 0.29) is 40.4 Å². The molecule has 5 heteroatoms. The number of hydrogen-bond donors (Lipinski definition) is 0. The Morgan fingerprint density at radius 2 is 1.23 bits per heavy atom. The van der Waals surface area contributed by atoms with Gasteiger partial charge in [0.1, 0.15) is 0 Å². The number of rotatable bonds is 6. The molecule has 0 amide bonds. The molecule has 158 valence electrons. The van der Waals surface area contributed by atoms with Crippen LogP contribution in [0.1, 0.15) is 25.9 Å². The maximum absolute atomic E-state index is 2.48. The molecule has 1 atom stereocenters. The molecule has 0 saturated heterocycles. The van der Waals surface area contributed by atoms with Crippen molar-refractivity contribution in [3.05, 3.63) is 113 Å². The smallest absolute Gasteiger partial charge is 0.147 e. The minimum Gasteiger partial charge on any atom is -0.147 e. The summed E-state index contributed by atoms with van der Waals surface area (Å²) in [7, 11) is 4.42. The van der Waals surface area contributed by atoms with E-state index in [0.29, 0.717) is 3.67 Å². The molecule has 0 radical (unpaired) electrons. The van der Waals surface area contributed by atoms with Gasteiger partial charge < -0.3 is 0 Å². The van der Waals surface area contributed by atoms with Gasteiger partial charge in [0.25, 0.3) is 0 Å². The van der Waals surface area contributed by atoms with Crippen molar-refractivity contribution in [3.8, 4) is 0 Å². The first-order valence-corrected chi connectivity index (χ1v) is 13.4. The van der Waals surface area contributed by atoms with Crippen molar-refractivity contribution in [2.45, 2.75) is 6.85 Å². The second kappa shape index (κ2) is 12.2. The Bertz CT molecular complexity index is 890. The molecular formula is C25H28Cl3HfN. The molecule has 4 rings (SSSR count). The molecule has 30 heavy (non-hydrogen) atoms. The predicted molar refractivity (Wildman–Crippen MR) is 132 cm³/mol. The molecule has 1 aliphatic carbocycles. The Kier molecular flexibility index (Phi) is 11.1. The molecule has 0 saturated carbocycles. The van der Waals surface area contributed by atoms with E-state index >= 15 is 0 Å². The zero-order chi connectivity index (χ0) is 18.7. The van der Waals surface area contributed by atoms with E-state index < -0.39 is 22.9 Å². The van der Waals surface area contributed by atoms with Crippen molar-refractivity contribution in [1.82, 2.24) is 4.90 Å². The van der Waals surface area contributed by atoms with Crippen LogP contribution in [0.4, 0.5) is 0 Å². The molecule has 0 aliphatic heterocycles. The average molecular weight is 627 g/mol. The first kappa shape index (κ1) is 27.1. The first-order valence-electron chi connectivity index (χ1n) is 9.50. The average Bonchev–Trinajstić information content (AvgIpc) is 3.11. The van der Waals surface area contributed by atoms with E-state index in [4.69, 9.17) is 0 Å². The molecule has 1 nitrogen and oxygen atoms in total. The fraction of sp³-hybridized carbons (Fsp3) is 0.200. The van der Waals surface area contributed by atoms with Crippen LogP contribution in [0.2, 0.25) is 0 Å². The van der Waals surface area contributed by atoms with E-state index in [0.717, 1.165) is 6.54 Å². The third kappa shape index (κ3) is 5.66. The van der Waals surface area contributed by atoms with E-state index in [9.17, 15) is 0 Å². The summed E-state index contributed by atoms with van der Waals surface area (Å²) in [5.74, 6) is 0. The number of fused-ring (bicyclic) bond motifs is 1. The van der Waals surface area contributed by atoms with Gasteiger partial charge in [-0.05, 0) is 0 Å². The normalized spacial score (nSPS) is 14.2. The van der Waals surface area contributed by atoms with Gasteiger partial charge in [-0.25, -0.2) is 0 Å². The Balaban J connectivity index is 0.00000150. The minimum absolute atomic E-state index is 0. The number of likely N-dealkylation sites (N-methyl/N-ethyl adjacent to an activating group) is 1. The molecule has 3 aromatic rings. The van der Waals surface area contributed by atoms with Crippen LogP contribution in [0.25, 0.3) is 6.08 Å². The van der Waals surface area contributed by atoms with E-state index in [1.165, 1.54) is 22.3 Å². The van der Waals surface area contributed by atoms with Crippen LogP contribution < -0.4 is 0 Å². The quantitative estimate of drug-likeness (QED) is 0.279. The molecule has 0 heterocycles. The van der Waals surface area contributed by atoms with Gasteiger partial charge >= 0.3 is 175 Å². The summed E-state index contributed by atoms with van der Waals surface area (Å²) in [6.45, 7) is 1.07. The summed E-state index contributed by atoms with van der Waals surface area (Å²) in [4.78, 5) is 2.37. The van der Waals surface area contributed by atoms with Crippen molar-refractivity contribution in [3.63, 3.8) is 0 Å². The molecule has 0 N–H and O–H groups in total. The van der Waals surface area contributed by atoms with Gasteiger partial charge in [-0.2, -0.15) is 0 Å². The summed E-state index contributed by atoms with van der Waals surface area (Å²) < 4.78 is 0.764. The molecule has 0 fully saturated rings. The largest absolute Gasteiger partial charge is 0.147 e. The Morgan fingerprint density at radius 3 is 1.77 bits per heavy atom. The molecule has 1 unspecified atom stereocenters. The number of benzene rings is 3. The van der Waals surface area contributed by atoms with E-state index in [2.05, 4.69) is 116 Å². The van der Waals surface area contributed by atoms with Gasteiger partial charge in [-0.3, -0.25) is 0 Å². The van der Waals surface area contributed by atoms with Gasteiger partial charge in [0.15, 0.2) is 0 Å². The first-order chi connectivity index (χ1) is 13.2.